The summed E-state index contributed by atoms with van der Waals surface area (Å²) in [5.41, 5.74) is 0.911. The van der Waals surface area contributed by atoms with Gasteiger partial charge in [0.25, 0.3) is 11.1 Å². The van der Waals surface area contributed by atoms with Crippen LogP contribution in [-0.4, -0.2) is 34.6 Å². The summed E-state index contributed by atoms with van der Waals surface area (Å²) >= 11 is 2.48. The summed E-state index contributed by atoms with van der Waals surface area (Å²) in [5.74, 6) is 1.42. The van der Waals surface area contributed by atoms with E-state index in [-0.39, 0.29) is 42.0 Å². The van der Waals surface area contributed by atoms with E-state index in [1.54, 1.807) is 12.1 Å². The lowest BCUT2D eigenvalue weighted by molar-refractivity contribution is -0.118. The fourth-order valence-corrected chi connectivity index (χ4v) is 3.70. The number of hydrogen-bond acceptors (Lipinski definition) is 9. The highest BCUT2D eigenvalue weighted by atomic mass is 32.2. The molecule has 2 N–H and O–H groups in total. The zero-order valence-electron chi connectivity index (χ0n) is 15.0. The third kappa shape index (κ3) is 5.06. The van der Waals surface area contributed by atoms with Gasteiger partial charge in [0.1, 0.15) is 0 Å². The second-order valence-corrected chi connectivity index (χ2v) is 7.75. The van der Waals surface area contributed by atoms with Gasteiger partial charge in [0.2, 0.25) is 18.6 Å². The Labute approximate surface area is 173 Å². The SMILES string of the molecule is O=C(CSc1nnc(CNC(=O)c2cccs2)o1)NCc1ccc2c(c1)OCO2. The minimum absolute atomic E-state index is 0.126. The van der Waals surface area contributed by atoms with Crippen LogP contribution in [0.4, 0.5) is 0 Å². The lowest BCUT2D eigenvalue weighted by Gasteiger charge is -2.05. The van der Waals surface area contributed by atoms with Crippen LogP contribution in [0.5, 0.6) is 11.5 Å². The van der Waals surface area contributed by atoms with E-state index < -0.39 is 0 Å². The number of hydrogen-bond donors (Lipinski definition) is 2. The largest absolute Gasteiger partial charge is 0.454 e. The van der Waals surface area contributed by atoms with Gasteiger partial charge in [-0.15, -0.1) is 21.5 Å². The number of amides is 2. The van der Waals surface area contributed by atoms with Crippen molar-refractivity contribution in [1.29, 1.82) is 0 Å². The maximum atomic E-state index is 12.0. The van der Waals surface area contributed by atoms with Crippen molar-refractivity contribution in [2.75, 3.05) is 12.5 Å². The standard InChI is InChI=1S/C18H16N4O5S2/c23-15(19-7-11-3-4-12-13(6-11)26-10-25-12)9-29-18-22-21-16(27-18)8-20-17(24)14-2-1-5-28-14/h1-6H,7-10H2,(H,19,23)(H,20,24). The fourth-order valence-electron chi connectivity index (χ4n) is 2.45. The van der Waals surface area contributed by atoms with Gasteiger partial charge in [-0.05, 0) is 29.1 Å². The molecule has 0 saturated heterocycles. The number of carbonyl (C=O) groups is 2. The Morgan fingerprint density at radius 3 is 2.86 bits per heavy atom. The third-order valence-electron chi connectivity index (χ3n) is 3.85. The van der Waals surface area contributed by atoms with Crippen molar-refractivity contribution >= 4 is 34.9 Å². The molecule has 11 heteroatoms. The number of ether oxygens (including phenoxy) is 2. The molecule has 0 saturated carbocycles. The molecule has 1 aliphatic heterocycles. The highest BCUT2D eigenvalue weighted by Gasteiger charge is 2.14. The first kappa shape index (κ1) is 19.3. The summed E-state index contributed by atoms with van der Waals surface area (Å²) in [6, 6.07) is 9.06. The maximum absolute atomic E-state index is 12.0. The summed E-state index contributed by atoms with van der Waals surface area (Å²) < 4.78 is 16.0. The molecule has 2 aromatic heterocycles. The Hall–Kier alpha value is -3.05. The predicted molar refractivity (Wildman–Crippen MR) is 105 cm³/mol. The number of benzene rings is 1. The Bertz CT molecular complexity index is 1010. The molecule has 4 rings (SSSR count). The maximum Gasteiger partial charge on any atom is 0.277 e. The van der Waals surface area contributed by atoms with Crippen LogP contribution in [0.1, 0.15) is 21.1 Å². The van der Waals surface area contributed by atoms with Crippen molar-refractivity contribution in [3.63, 3.8) is 0 Å². The molecule has 0 radical (unpaired) electrons. The number of aromatic nitrogens is 2. The van der Waals surface area contributed by atoms with E-state index in [1.807, 2.05) is 23.6 Å². The quantitative estimate of drug-likeness (QED) is 0.521. The van der Waals surface area contributed by atoms with Gasteiger partial charge in [-0.25, -0.2) is 0 Å². The van der Waals surface area contributed by atoms with Gasteiger partial charge in [-0.1, -0.05) is 23.9 Å². The molecule has 0 unspecified atom stereocenters. The predicted octanol–water partition coefficient (Wildman–Crippen LogP) is 2.20. The van der Waals surface area contributed by atoms with E-state index in [9.17, 15) is 9.59 Å². The van der Waals surface area contributed by atoms with Gasteiger partial charge in [0, 0.05) is 6.54 Å². The van der Waals surface area contributed by atoms with E-state index >= 15 is 0 Å². The Balaban J connectivity index is 1.19. The van der Waals surface area contributed by atoms with Gasteiger partial charge in [-0.3, -0.25) is 9.59 Å². The van der Waals surface area contributed by atoms with Crippen LogP contribution in [-0.2, 0) is 17.9 Å². The Morgan fingerprint density at radius 2 is 2.00 bits per heavy atom. The van der Waals surface area contributed by atoms with Crippen molar-refractivity contribution in [2.24, 2.45) is 0 Å². The third-order valence-corrected chi connectivity index (χ3v) is 5.53. The second kappa shape index (κ2) is 8.97. The van der Waals surface area contributed by atoms with Crippen LogP contribution in [0.25, 0.3) is 0 Å². The van der Waals surface area contributed by atoms with Gasteiger partial charge in [0.15, 0.2) is 11.5 Å². The van der Waals surface area contributed by atoms with Crippen LogP contribution in [0.15, 0.2) is 45.4 Å². The summed E-state index contributed by atoms with van der Waals surface area (Å²) in [7, 11) is 0. The lowest BCUT2D eigenvalue weighted by atomic mass is 10.2. The molecule has 2 amide bonds. The number of nitrogens with one attached hydrogen (secondary N) is 2. The van der Waals surface area contributed by atoms with E-state index in [4.69, 9.17) is 13.9 Å². The number of thioether (sulfide) groups is 1. The molecular weight excluding hydrogens is 416 g/mol. The van der Waals surface area contributed by atoms with Gasteiger partial charge >= 0.3 is 0 Å². The first-order valence-electron chi connectivity index (χ1n) is 8.59. The number of rotatable bonds is 8. The Kier molecular flexibility index (Phi) is 5.96. The molecule has 29 heavy (non-hydrogen) atoms. The molecule has 3 aromatic rings. The van der Waals surface area contributed by atoms with E-state index in [1.165, 1.54) is 11.3 Å². The molecule has 0 bridgehead atoms. The molecule has 0 fully saturated rings. The van der Waals surface area contributed by atoms with Crippen LogP contribution in [0, 0.1) is 0 Å². The number of thiophene rings is 1. The second-order valence-electron chi connectivity index (χ2n) is 5.87. The van der Waals surface area contributed by atoms with Crippen LogP contribution in [0.2, 0.25) is 0 Å². The average Bonchev–Trinajstić information content (AvgIpc) is 3.50. The van der Waals surface area contributed by atoms with Gasteiger partial charge < -0.3 is 24.5 Å². The molecule has 0 atom stereocenters. The Morgan fingerprint density at radius 1 is 1.10 bits per heavy atom. The van der Waals surface area contributed by atoms with E-state index in [0.717, 1.165) is 17.3 Å². The first-order chi connectivity index (χ1) is 14.2. The average molecular weight is 432 g/mol. The van der Waals surface area contributed by atoms with E-state index in [0.29, 0.717) is 22.9 Å². The molecular formula is C18H16N4O5S2. The minimum Gasteiger partial charge on any atom is -0.454 e. The highest BCUT2D eigenvalue weighted by Crippen LogP contribution is 2.32. The molecule has 0 aliphatic carbocycles. The van der Waals surface area contributed by atoms with Crippen molar-refractivity contribution in [2.45, 2.75) is 18.3 Å². The normalized spacial score (nSPS) is 12.0. The van der Waals surface area contributed by atoms with E-state index in [2.05, 4.69) is 20.8 Å². The summed E-state index contributed by atoms with van der Waals surface area (Å²) in [5, 5.41) is 15.4. The lowest BCUT2D eigenvalue weighted by Crippen LogP contribution is -2.24. The van der Waals surface area contributed by atoms with Crippen molar-refractivity contribution in [3.8, 4) is 11.5 Å². The van der Waals surface area contributed by atoms with Gasteiger partial charge in [0.05, 0.1) is 17.2 Å². The first-order valence-corrected chi connectivity index (χ1v) is 10.5. The van der Waals surface area contributed by atoms with Crippen molar-refractivity contribution in [3.05, 3.63) is 52.0 Å². The summed E-state index contributed by atoms with van der Waals surface area (Å²) in [6.07, 6.45) is 0. The zero-order chi connectivity index (χ0) is 20.1. The monoisotopic (exact) mass is 432 g/mol. The molecule has 150 valence electrons. The zero-order valence-corrected chi connectivity index (χ0v) is 16.7. The minimum atomic E-state index is -0.199. The smallest absolute Gasteiger partial charge is 0.277 e. The number of nitrogens with zero attached hydrogens (tertiary/aromatic N) is 2. The molecule has 0 spiro atoms. The highest BCUT2D eigenvalue weighted by molar-refractivity contribution is 7.99. The van der Waals surface area contributed by atoms with Crippen molar-refractivity contribution in [1.82, 2.24) is 20.8 Å². The molecule has 1 aliphatic rings. The van der Waals surface area contributed by atoms with Crippen LogP contribution in [0.3, 0.4) is 0 Å². The molecule has 1 aromatic carbocycles. The van der Waals surface area contributed by atoms with Crippen molar-refractivity contribution < 1.29 is 23.5 Å². The molecule has 9 nitrogen and oxygen atoms in total. The summed E-state index contributed by atoms with van der Waals surface area (Å²) in [6.45, 7) is 0.714. The van der Waals surface area contributed by atoms with Crippen LogP contribution < -0.4 is 20.1 Å². The number of fused-ring (bicyclic) bond motifs is 1. The number of carbonyl (C=O) groups excluding carboxylic acids is 2. The van der Waals surface area contributed by atoms with Crippen LogP contribution >= 0.6 is 23.1 Å². The molecule has 3 heterocycles. The topological polar surface area (TPSA) is 116 Å². The summed E-state index contributed by atoms with van der Waals surface area (Å²) in [4.78, 5) is 24.5. The van der Waals surface area contributed by atoms with Gasteiger partial charge in [-0.2, -0.15) is 0 Å². The fraction of sp³-hybridized carbons (Fsp3) is 0.222.